The molecule has 1 heterocycles. The van der Waals surface area contributed by atoms with Crippen LogP contribution in [-0.2, 0) is 54.0 Å². The highest BCUT2D eigenvalue weighted by atomic mass is 32.2. The van der Waals surface area contributed by atoms with Gasteiger partial charge < -0.3 is 74.0 Å². The van der Waals surface area contributed by atoms with Crippen LogP contribution in [0, 0.1) is 11.8 Å². The number of carbonyl (C=O) groups is 10. The third kappa shape index (κ3) is 23.0. The quantitative estimate of drug-likeness (QED) is 0.0180. The Hall–Kier alpha value is -6.12. The Balaban J connectivity index is 3.34. The first-order valence-corrected chi connectivity index (χ1v) is 26.1. The van der Waals surface area contributed by atoms with Crippen molar-refractivity contribution in [1.82, 2.24) is 52.3 Å². The molecule has 1 fully saturated rings. The number of nitrogens with one attached hydrogen (secondary N) is 8. The molecular formula is C45H81N13O13S. The summed E-state index contributed by atoms with van der Waals surface area (Å²) < 4.78 is 12.0. The lowest BCUT2D eigenvalue weighted by molar-refractivity contribution is -0.142. The van der Waals surface area contributed by atoms with E-state index < -0.39 is 132 Å². The van der Waals surface area contributed by atoms with Crippen molar-refractivity contribution in [2.75, 3.05) is 51.8 Å². The van der Waals surface area contributed by atoms with Crippen LogP contribution in [0.25, 0.3) is 0 Å². The van der Waals surface area contributed by atoms with E-state index in [-0.39, 0.29) is 68.7 Å². The normalized spacial score (nSPS) is 16.9. The van der Waals surface area contributed by atoms with E-state index in [0.29, 0.717) is 37.1 Å². The third-order valence-electron chi connectivity index (χ3n) is 11.7. The first kappa shape index (κ1) is 63.9. The third-order valence-corrected chi connectivity index (χ3v) is 12.5. The molecule has 26 nitrogen and oxygen atoms in total. The molecule has 72 heavy (non-hydrogen) atoms. The molecular weight excluding hydrogens is 963 g/mol. The molecule has 0 radical (unpaired) electrons. The van der Waals surface area contributed by atoms with Crippen molar-refractivity contribution in [3.63, 3.8) is 0 Å². The fourth-order valence-corrected chi connectivity index (χ4v) is 8.11. The molecule has 0 aromatic rings. The molecule has 14 N–H and O–H groups in total. The molecule has 1 rings (SSSR count). The van der Waals surface area contributed by atoms with E-state index in [1.54, 1.807) is 41.5 Å². The Morgan fingerprint density at radius 3 is 1.88 bits per heavy atom. The number of aliphatic hydroxyl groups is 1. The maximum Gasteiger partial charge on any atom is 0.407 e. The van der Waals surface area contributed by atoms with Gasteiger partial charge in [-0.25, -0.2) is 4.79 Å². The number of amides is 10. The highest BCUT2D eigenvalue weighted by molar-refractivity contribution is 7.84. The number of hydrogen-bond acceptors (Lipinski definition) is 13. The number of guanidine groups is 1. The van der Waals surface area contributed by atoms with Gasteiger partial charge in [0.1, 0.15) is 48.8 Å². The maximum absolute atomic E-state index is 14.2. The lowest BCUT2D eigenvalue weighted by atomic mass is 9.96. The van der Waals surface area contributed by atoms with Gasteiger partial charge in [0.2, 0.25) is 53.2 Å². The molecule has 0 aromatic carbocycles. The molecule has 1 aliphatic heterocycles. The van der Waals surface area contributed by atoms with E-state index >= 15 is 0 Å². The van der Waals surface area contributed by atoms with Gasteiger partial charge in [-0.3, -0.25) is 52.4 Å². The van der Waals surface area contributed by atoms with Gasteiger partial charge in [0, 0.05) is 49.5 Å². The van der Waals surface area contributed by atoms with Gasteiger partial charge >= 0.3 is 6.09 Å². The van der Waals surface area contributed by atoms with Crippen LogP contribution in [-0.4, -0.2) is 190 Å². The molecule has 0 aliphatic carbocycles. The topological polar surface area (TPSA) is 395 Å². The number of hydrogen-bond donors (Lipinski definition) is 12. The van der Waals surface area contributed by atoms with Crippen LogP contribution in [0.15, 0.2) is 4.99 Å². The Morgan fingerprint density at radius 2 is 1.32 bits per heavy atom. The lowest BCUT2D eigenvalue weighted by Gasteiger charge is -2.31. The second kappa shape index (κ2) is 32.8. The second-order valence-electron chi connectivity index (χ2n) is 18.3. The van der Waals surface area contributed by atoms with Crippen molar-refractivity contribution in [3.8, 4) is 0 Å². The molecule has 27 heteroatoms. The molecule has 1 unspecified atom stereocenters. The van der Waals surface area contributed by atoms with Crippen LogP contribution in [0.4, 0.5) is 4.79 Å². The zero-order chi connectivity index (χ0) is 54.8. The summed E-state index contributed by atoms with van der Waals surface area (Å²) >= 11 is 0. The van der Waals surface area contributed by atoms with Crippen LogP contribution >= 0.6 is 0 Å². The van der Waals surface area contributed by atoms with Crippen LogP contribution in [0.2, 0.25) is 0 Å². The average molecular weight is 1040 g/mol. The summed E-state index contributed by atoms with van der Waals surface area (Å²) in [4.78, 5) is 139. The number of carboxylic acid groups (broad SMARTS) is 1. The molecule has 0 spiro atoms. The van der Waals surface area contributed by atoms with Gasteiger partial charge in [0.15, 0.2) is 5.96 Å². The van der Waals surface area contributed by atoms with E-state index in [9.17, 15) is 57.3 Å². The summed E-state index contributed by atoms with van der Waals surface area (Å²) in [5, 5.41) is 40.4. The Kier molecular flexibility index (Phi) is 29.1. The summed E-state index contributed by atoms with van der Waals surface area (Å²) in [6, 6.07) is -8.74. The number of nitrogens with zero attached hydrogens (tertiary/aromatic N) is 3. The molecule has 0 aromatic heterocycles. The number of aliphatic hydroxyl groups excluding tert-OH is 1. The van der Waals surface area contributed by atoms with E-state index in [4.69, 9.17) is 16.6 Å². The van der Waals surface area contributed by atoms with E-state index in [2.05, 4.69) is 47.5 Å². The monoisotopic (exact) mass is 1040 g/mol. The Morgan fingerprint density at radius 1 is 0.750 bits per heavy atom. The number of aliphatic imine (C=N–C) groups is 1. The van der Waals surface area contributed by atoms with Crippen molar-refractivity contribution in [3.05, 3.63) is 0 Å². The zero-order valence-electron chi connectivity index (χ0n) is 43.2. The number of likely N-dealkylation sites (tertiary alicyclic amines) is 1. The van der Waals surface area contributed by atoms with Gasteiger partial charge in [0.25, 0.3) is 0 Å². The average Bonchev–Trinajstić information content (AvgIpc) is 3.80. The van der Waals surface area contributed by atoms with E-state index in [1.165, 1.54) is 18.1 Å². The van der Waals surface area contributed by atoms with Crippen LogP contribution in [0.1, 0.15) is 106 Å². The Labute approximate surface area is 424 Å². The molecule has 1 saturated heterocycles. The molecule has 10 amide bonds. The second-order valence-corrected chi connectivity index (χ2v) is 19.9. The summed E-state index contributed by atoms with van der Waals surface area (Å²) in [6.45, 7) is 11.3. The number of rotatable bonds is 32. The van der Waals surface area contributed by atoms with Crippen molar-refractivity contribution in [2.45, 2.75) is 155 Å². The first-order chi connectivity index (χ1) is 33.8. The molecule has 1 aliphatic rings. The minimum absolute atomic E-state index is 0.00864. The minimum atomic E-state index is -1.67. The lowest BCUT2D eigenvalue weighted by Crippen LogP contribution is -2.62. The standard InChI is InChI=1S/C45H81N13O13S/c1-10-15-28(38(63)55-35(26(6)11-2)41(66)53-30(16-13-19-49-44(46)47)43(68)58-20-14-17-32(58)40(65)48-12-3)52-42(67)36(27(7)59)56-39(64)31(22-25(4)5)54-37(62)29(18-21-72(9)71)51-33(60)23-50-34(61)24-57(8)45(69)70/h25-32,35-36,59H,10-24H2,1-9H3,(H,48,65)(H,50,61)(H,51,60)(H,52,67)(H,53,66)(H,54,62)(H,55,63)(H,56,64)(H,69,70)(H4,46,47,49)/t26-,27+,28-,29-,30-,31+,32-,35-,36-,72?/m0/s1. The van der Waals surface area contributed by atoms with Crippen molar-refractivity contribution in [2.24, 2.45) is 28.3 Å². The SMILES string of the molecule is CCC[C@H](NC(=O)[C@@H](NC(=O)[C@@H](CC(C)C)NC(=O)[C@H](CCS(C)=O)NC(=O)CNC(=O)CN(C)C(=O)O)[C@@H](C)O)C(=O)N[C@H](C(=O)N[C@@H](CCCN=C(N)N)C(=O)N1CCC[C@H]1C(=O)NCC)[C@@H](C)CC. The number of nitrogens with two attached hydrogens (primary N) is 2. The molecule has 0 saturated carbocycles. The van der Waals surface area contributed by atoms with E-state index in [1.807, 2.05) is 0 Å². The highest BCUT2D eigenvalue weighted by Crippen LogP contribution is 2.21. The smallest absolute Gasteiger partial charge is 0.407 e. The Bertz CT molecular complexity index is 1920. The predicted molar refractivity (Wildman–Crippen MR) is 268 cm³/mol. The summed E-state index contributed by atoms with van der Waals surface area (Å²) in [6.07, 6.45) is 0.527. The van der Waals surface area contributed by atoms with Gasteiger partial charge in [0.05, 0.1) is 12.6 Å². The number of carbonyl (C=O) groups excluding carboxylic acids is 9. The van der Waals surface area contributed by atoms with Gasteiger partial charge in [-0.05, 0) is 70.6 Å². The fraction of sp³-hybridized carbons (Fsp3) is 0.756. The largest absolute Gasteiger partial charge is 0.465 e. The number of likely N-dealkylation sites (N-methyl/N-ethyl adjacent to an activating group) is 2. The van der Waals surface area contributed by atoms with Crippen molar-refractivity contribution < 1.29 is 62.4 Å². The van der Waals surface area contributed by atoms with Gasteiger partial charge in [-0.1, -0.05) is 47.5 Å². The highest BCUT2D eigenvalue weighted by Gasteiger charge is 2.40. The van der Waals surface area contributed by atoms with Gasteiger partial charge in [-0.2, -0.15) is 0 Å². The summed E-state index contributed by atoms with van der Waals surface area (Å²) in [7, 11) is -0.266. The molecule has 10 atom stereocenters. The summed E-state index contributed by atoms with van der Waals surface area (Å²) in [5.41, 5.74) is 11.0. The molecule has 410 valence electrons. The van der Waals surface area contributed by atoms with Crippen LogP contribution < -0.4 is 54.0 Å². The van der Waals surface area contributed by atoms with Crippen molar-refractivity contribution in [1.29, 1.82) is 0 Å². The maximum atomic E-state index is 14.2. The predicted octanol–water partition coefficient (Wildman–Crippen LogP) is -3.16. The minimum Gasteiger partial charge on any atom is -0.465 e. The molecule has 0 bridgehead atoms. The van der Waals surface area contributed by atoms with Gasteiger partial charge in [-0.15, -0.1) is 0 Å². The summed E-state index contributed by atoms with van der Waals surface area (Å²) in [5.74, 6) is -7.59. The van der Waals surface area contributed by atoms with E-state index in [0.717, 1.165) is 7.05 Å². The van der Waals surface area contributed by atoms with Crippen LogP contribution in [0.5, 0.6) is 0 Å². The van der Waals surface area contributed by atoms with Crippen LogP contribution in [0.3, 0.4) is 0 Å². The zero-order valence-corrected chi connectivity index (χ0v) is 44.0. The fourth-order valence-electron chi connectivity index (χ4n) is 7.54. The van der Waals surface area contributed by atoms with Crippen molar-refractivity contribution >= 4 is 76.0 Å². The first-order valence-electron chi connectivity index (χ1n) is 24.4.